The van der Waals surface area contributed by atoms with Gasteiger partial charge in [0.1, 0.15) is 0 Å². The number of rotatable bonds is 2. The first-order valence-corrected chi connectivity index (χ1v) is 7.28. The van der Waals surface area contributed by atoms with E-state index >= 15 is 0 Å². The van der Waals surface area contributed by atoms with Crippen molar-refractivity contribution in [1.82, 2.24) is 0 Å². The molecule has 1 aromatic rings. The fraction of sp³-hybridized carbons (Fsp3) is 0.421. The van der Waals surface area contributed by atoms with E-state index in [4.69, 9.17) is 5.41 Å². The van der Waals surface area contributed by atoms with Crippen LogP contribution >= 0.6 is 0 Å². The molecule has 1 heteroatoms. The summed E-state index contributed by atoms with van der Waals surface area (Å²) >= 11 is 0. The lowest BCUT2D eigenvalue weighted by Crippen LogP contribution is -2.21. The van der Waals surface area contributed by atoms with Gasteiger partial charge in [0.15, 0.2) is 0 Å². The maximum Gasteiger partial charge on any atom is 0.0445 e. The highest BCUT2D eigenvalue weighted by molar-refractivity contribution is 6.06. The number of benzene rings is 1. The minimum absolute atomic E-state index is 0.124. The van der Waals surface area contributed by atoms with Gasteiger partial charge in [0.05, 0.1) is 0 Å². The second kappa shape index (κ2) is 5.05. The third-order valence-electron chi connectivity index (χ3n) is 4.37. The first kappa shape index (κ1) is 14.8. The van der Waals surface area contributed by atoms with Gasteiger partial charge in [-0.25, -0.2) is 0 Å². The van der Waals surface area contributed by atoms with E-state index in [1.807, 2.05) is 6.07 Å². The van der Waals surface area contributed by atoms with Crippen LogP contribution in [0, 0.1) is 10.8 Å². The van der Waals surface area contributed by atoms with Crippen LogP contribution in [-0.4, -0.2) is 5.71 Å². The molecule has 0 spiro atoms. The lowest BCUT2D eigenvalue weighted by atomic mass is 9.82. The van der Waals surface area contributed by atoms with Crippen LogP contribution in [0.1, 0.15) is 59.1 Å². The molecule has 1 nitrogen and oxygen atoms in total. The van der Waals surface area contributed by atoms with Gasteiger partial charge in [0.2, 0.25) is 0 Å². The molecule has 0 unspecified atom stereocenters. The third-order valence-corrected chi connectivity index (χ3v) is 4.37. The van der Waals surface area contributed by atoms with Crippen molar-refractivity contribution in [1.29, 1.82) is 5.41 Å². The summed E-state index contributed by atoms with van der Waals surface area (Å²) in [6.07, 6.45) is 1.02. The molecular weight excluding hydrogens is 242 g/mol. The highest BCUT2D eigenvalue weighted by Crippen LogP contribution is 2.39. The van der Waals surface area contributed by atoms with E-state index in [-0.39, 0.29) is 5.41 Å². The van der Waals surface area contributed by atoms with Gasteiger partial charge in [-0.1, -0.05) is 50.6 Å². The molecular formula is C19H25N. The van der Waals surface area contributed by atoms with Gasteiger partial charge < -0.3 is 5.41 Å². The minimum atomic E-state index is -0.124. The standard InChI is InChI=1S/C19H25N/c1-12-11-17(14(3)13(12)2)15-9-7-8-10-16(15)18(20)19(4,5)6/h7-10,20H,11H2,1-6H3. The van der Waals surface area contributed by atoms with Crippen molar-refractivity contribution >= 4 is 11.3 Å². The van der Waals surface area contributed by atoms with Crippen LogP contribution in [-0.2, 0) is 0 Å². The van der Waals surface area contributed by atoms with Crippen molar-refractivity contribution < 1.29 is 0 Å². The second-order valence-electron chi connectivity index (χ2n) is 6.86. The molecule has 1 aliphatic carbocycles. The summed E-state index contributed by atoms with van der Waals surface area (Å²) < 4.78 is 0. The predicted octanol–water partition coefficient (Wildman–Crippen LogP) is 5.61. The lowest BCUT2D eigenvalue weighted by Gasteiger charge is -2.23. The van der Waals surface area contributed by atoms with Crippen molar-refractivity contribution in [2.75, 3.05) is 0 Å². The average molecular weight is 267 g/mol. The maximum atomic E-state index is 8.52. The van der Waals surface area contributed by atoms with Crippen LogP contribution in [0.2, 0.25) is 0 Å². The van der Waals surface area contributed by atoms with Gasteiger partial charge >= 0.3 is 0 Å². The molecule has 106 valence electrons. The molecule has 0 heterocycles. The quantitative estimate of drug-likeness (QED) is 0.673. The smallest absolute Gasteiger partial charge is 0.0445 e. The van der Waals surface area contributed by atoms with Gasteiger partial charge in [0.25, 0.3) is 0 Å². The molecule has 0 atom stereocenters. The van der Waals surface area contributed by atoms with Crippen LogP contribution in [0.3, 0.4) is 0 Å². The summed E-state index contributed by atoms with van der Waals surface area (Å²) in [7, 11) is 0. The number of hydrogen-bond acceptors (Lipinski definition) is 1. The highest BCUT2D eigenvalue weighted by atomic mass is 14.5. The fourth-order valence-electron chi connectivity index (χ4n) is 2.74. The van der Waals surface area contributed by atoms with E-state index in [0.717, 1.165) is 17.7 Å². The van der Waals surface area contributed by atoms with Crippen molar-refractivity contribution in [2.24, 2.45) is 5.41 Å². The van der Waals surface area contributed by atoms with Gasteiger partial charge in [-0.15, -0.1) is 0 Å². The van der Waals surface area contributed by atoms with Crippen LogP contribution in [0.15, 0.2) is 41.0 Å². The largest absolute Gasteiger partial charge is 0.304 e. The first-order chi connectivity index (χ1) is 9.23. The molecule has 1 aromatic carbocycles. The molecule has 0 amide bonds. The van der Waals surface area contributed by atoms with Crippen molar-refractivity contribution in [3.05, 3.63) is 52.1 Å². The molecule has 0 saturated heterocycles. The molecule has 2 rings (SSSR count). The fourth-order valence-corrected chi connectivity index (χ4v) is 2.74. The molecule has 0 saturated carbocycles. The van der Waals surface area contributed by atoms with Crippen molar-refractivity contribution in [3.8, 4) is 0 Å². The molecule has 0 radical (unpaired) electrons. The topological polar surface area (TPSA) is 23.9 Å². The van der Waals surface area contributed by atoms with Gasteiger partial charge in [-0.05, 0) is 49.5 Å². The zero-order valence-electron chi connectivity index (χ0n) is 13.5. The molecule has 0 aromatic heterocycles. The predicted molar refractivity (Wildman–Crippen MR) is 88.3 cm³/mol. The zero-order valence-corrected chi connectivity index (χ0v) is 13.5. The average Bonchev–Trinajstić information content (AvgIpc) is 2.64. The SMILES string of the molecule is CC1=C(C)C(C)=C(c2ccccc2C(=N)C(C)(C)C)C1. The Morgan fingerprint density at radius 1 is 1.00 bits per heavy atom. The van der Waals surface area contributed by atoms with Crippen LogP contribution in [0.5, 0.6) is 0 Å². The zero-order chi connectivity index (χ0) is 15.1. The normalized spacial score (nSPS) is 16.1. The molecule has 1 N–H and O–H groups in total. The first-order valence-electron chi connectivity index (χ1n) is 7.28. The summed E-state index contributed by atoms with van der Waals surface area (Å²) in [6.45, 7) is 12.9. The second-order valence-corrected chi connectivity index (χ2v) is 6.86. The number of nitrogens with one attached hydrogen (secondary N) is 1. The Labute approximate surface area is 122 Å². The Morgan fingerprint density at radius 3 is 2.10 bits per heavy atom. The van der Waals surface area contributed by atoms with Gasteiger partial charge in [-0.3, -0.25) is 0 Å². The van der Waals surface area contributed by atoms with Crippen LogP contribution in [0.25, 0.3) is 5.57 Å². The summed E-state index contributed by atoms with van der Waals surface area (Å²) in [4.78, 5) is 0. The summed E-state index contributed by atoms with van der Waals surface area (Å²) in [5, 5.41) is 8.52. The Morgan fingerprint density at radius 2 is 1.60 bits per heavy atom. The van der Waals surface area contributed by atoms with E-state index in [1.54, 1.807) is 0 Å². The highest BCUT2D eigenvalue weighted by Gasteiger charge is 2.24. The van der Waals surface area contributed by atoms with E-state index in [0.29, 0.717) is 0 Å². The van der Waals surface area contributed by atoms with E-state index in [2.05, 4.69) is 59.7 Å². The van der Waals surface area contributed by atoms with Crippen LogP contribution < -0.4 is 0 Å². The third kappa shape index (κ3) is 2.49. The summed E-state index contributed by atoms with van der Waals surface area (Å²) in [5.74, 6) is 0. The van der Waals surface area contributed by atoms with Crippen molar-refractivity contribution in [2.45, 2.75) is 48.0 Å². The van der Waals surface area contributed by atoms with Crippen molar-refractivity contribution in [3.63, 3.8) is 0 Å². The lowest BCUT2D eigenvalue weighted by molar-refractivity contribution is 0.588. The van der Waals surface area contributed by atoms with E-state index < -0.39 is 0 Å². The minimum Gasteiger partial charge on any atom is -0.304 e. The molecule has 0 fully saturated rings. The molecule has 1 aliphatic rings. The van der Waals surface area contributed by atoms with Gasteiger partial charge in [0, 0.05) is 16.7 Å². The Hall–Kier alpha value is -1.63. The number of allylic oxidation sites excluding steroid dienone is 4. The molecule has 0 bridgehead atoms. The monoisotopic (exact) mass is 267 g/mol. The van der Waals surface area contributed by atoms with E-state index in [1.165, 1.54) is 27.9 Å². The Balaban J connectivity index is 2.54. The Kier molecular flexibility index (Phi) is 3.73. The number of hydrogen-bond donors (Lipinski definition) is 1. The summed E-state index contributed by atoms with van der Waals surface area (Å²) in [5.41, 5.74) is 8.56. The van der Waals surface area contributed by atoms with Gasteiger partial charge in [-0.2, -0.15) is 0 Å². The Bertz CT molecular complexity index is 621. The maximum absolute atomic E-state index is 8.52. The van der Waals surface area contributed by atoms with Crippen LogP contribution in [0.4, 0.5) is 0 Å². The summed E-state index contributed by atoms with van der Waals surface area (Å²) in [6, 6.07) is 8.38. The van der Waals surface area contributed by atoms with E-state index in [9.17, 15) is 0 Å². The molecule has 20 heavy (non-hydrogen) atoms. The molecule has 0 aliphatic heterocycles.